The standard InChI is InChI=1S/C14H14FN3OS/c15-11-4-5-12(16)13(7-11)20-8-9-2-1-3-10(6-9)14(19)18-17/h1-7H,8,16-17H2,(H,18,19). The molecular weight excluding hydrogens is 277 g/mol. The van der Waals surface area contributed by atoms with Gasteiger partial charge in [0.25, 0.3) is 5.91 Å². The molecule has 0 saturated carbocycles. The molecule has 20 heavy (non-hydrogen) atoms. The quantitative estimate of drug-likeness (QED) is 0.265. The van der Waals surface area contributed by atoms with Crippen LogP contribution in [-0.4, -0.2) is 5.91 Å². The van der Waals surface area contributed by atoms with Gasteiger partial charge in [0.1, 0.15) is 5.82 Å². The van der Waals surface area contributed by atoms with E-state index in [0.717, 1.165) is 5.56 Å². The second kappa shape index (κ2) is 6.40. The van der Waals surface area contributed by atoms with Gasteiger partial charge in [-0.15, -0.1) is 11.8 Å². The van der Waals surface area contributed by atoms with E-state index in [1.807, 2.05) is 6.07 Å². The van der Waals surface area contributed by atoms with Crippen molar-refractivity contribution in [3.05, 3.63) is 59.4 Å². The molecule has 0 atom stereocenters. The smallest absolute Gasteiger partial charge is 0.265 e. The number of nitrogen functional groups attached to an aromatic ring is 2. The molecule has 0 aliphatic rings. The molecule has 0 unspecified atom stereocenters. The van der Waals surface area contributed by atoms with Crippen molar-refractivity contribution in [2.45, 2.75) is 10.6 Å². The highest BCUT2D eigenvalue weighted by molar-refractivity contribution is 7.98. The number of carbonyl (C=O) groups excluding carboxylic acids is 1. The number of hydrogen-bond acceptors (Lipinski definition) is 4. The number of thioether (sulfide) groups is 1. The van der Waals surface area contributed by atoms with Crippen molar-refractivity contribution in [2.75, 3.05) is 5.73 Å². The van der Waals surface area contributed by atoms with Gasteiger partial charge in [-0.1, -0.05) is 12.1 Å². The lowest BCUT2D eigenvalue weighted by Crippen LogP contribution is -2.29. The minimum atomic E-state index is -0.345. The molecule has 2 aromatic rings. The van der Waals surface area contributed by atoms with Crippen LogP contribution in [0.3, 0.4) is 0 Å². The van der Waals surface area contributed by atoms with Crippen molar-refractivity contribution in [1.29, 1.82) is 0 Å². The molecule has 6 heteroatoms. The molecule has 104 valence electrons. The zero-order valence-corrected chi connectivity index (χ0v) is 11.4. The summed E-state index contributed by atoms with van der Waals surface area (Å²) in [6.45, 7) is 0. The highest BCUT2D eigenvalue weighted by Gasteiger charge is 2.06. The van der Waals surface area contributed by atoms with Crippen LogP contribution in [0.5, 0.6) is 0 Å². The molecule has 0 saturated heterocycles. The Morgan fingerprint density at radius 1 is 1.25 bits per heavy atom. The van der Waals surface area contributed by atoms with Crippen LogP contribution in [0, 0.1) is 5.82 Å². The van der Waals surface area contributed by atoms with Gasteiger partial charge in [0.05, 0.1) is 0 Å². The first-order valence-electron chi connectivity index (χ1n) is 5.88. The van der Waals surface area contributed by atoms with Gasteiger partial charge >= 0.3 is 0 Å². The number of halogens is 1. The molecule has 4 nitrogen and oxygen atoms in total. The summed E-state index contributed by atoms with van der Waals surface area (Å²) in [5, 5.41) is 0. The number of hydrazine groups is 1. The third kappa shape index (κ3) is 3.49. The van der Waals surface area contributed by atoms with Crippen LogP contribution in [0.2, 0.25) is 0 Å². The van der Waals surface area contributed by atoms with E-state index in [4.69, 9.17) is 11.6 Å². The first-order valence-corrected chi connectivity index (χ1v) is 6.86. The Hall–Kier alpha value is -2.05. The summed E-state index contributed by atoms with van der Waals surface area (Å²) in [5.74, 6) is 5.01. The Bertz CT molecular complexity index is 634. The van der Waals surface area contributed by atoms with Gasteiger partial charge in [0.2, 0.25) is 0 Å². The number of carbonyl (C=O) groups is 1. The van der Waals surface area contributed by atoms with Gasteiger partial charge in [-0.2, -0.15) is 0 Å². The molecule has 0 aliphatic heterocycles. The Balaban J connectivity index is 2.11. The molecule has 0 aromatic heterocycles. The fourth-order valence-corrected chi connectivity index (χ4v) is 2.61. The lowest BCUT2D eigenvalue weighted by Gasteiger charge is -2.07. The lowest BCUT2D eigenvalue weighted by atomic mass is 10.1. The summed E-state index contributed by atoms with van der Waals surface area (Å²) in [6.07, 6.45) is 0. The molecule has 0 radical (unpaired) electrons. The number of nitrogens with one attached hydrogen (secondary N) is 1. The van der Waals surface area contributed by atoms with Crippen molar-refractivity contribution in [1.82, 2.24) is 5.43 Å². The van der Waals surface area contributed by atoms with Crippen LogP contribution in [0.1, 0.15) is 15.9 Å². The van der Waals surface area contributed by atoms with E-state index >= 15 is 0 Å². The number of nitrogens with two attached hydrogens (primary N) is 2. The minimum Gasteiger partial charge on any atom is -0.398 e. The van der Waals surface area contributed by atoms with E-state index in [9.17, 15) is 9.18 Å². The Kier molecular flexibility index (Phi) is 4.60. The first-order chi connectivity index (χ1) is 9.60. The molecule has 0 aliphatic carbocycles. The normalized spacial score (nSPS) is 10.3. The molecule has 2 aromatic carbocycles. The van der Waals surface area contributed by atoms with Gasteiger partial charge in [-0.3, -0.25) is 10.2 Å². The van der Waals surface area contributed by atoms with Crippen LogP contribution < -0.4 is 17.0 Å². The molecule has 0 spiro atoms. The Labute approximate surface area is 120 Å². The van der Waals surface area contributed by atoms with E-state index in [-0.39, 0.29) is 11.7 Å². The van der Waals surface area contributed by atoms with Crippen LogP contribution in [-0.2, 0) is 5.75 Å². The maximum absolute atomic E-state index is 13.2. The van der Waals surface area contributed by atoms with Gasteiger partial charge < -0.3 is 5.73 Å². The fourth-order valence-electron chi connectivity index (χ4n) is 1.68. The SMILES string of the molecule is NNC(=O)c1cccc(CSc2cc(F)ccc2N)c1. The summed E-state index contributed by atoms with van der Waals surface area (Å²) in [5.41, 5.74) is 9.82. The van der Waals surface area contributed by atoms with Gasteiger partial charge in [0, 0.05) is 21.9 Å². The van der Waals surface area contributed by atoms with Gasteiger partial charge in [-0.05, 0) is 35.9 Å². The van der Waals surface area contributed by atoms with E-state index in [0.29, 0.717) is 21.9 Å². The van der Waals surface area contributed by atoms with E-state index in [2.05, 4.69) is 5.43 Å². The van der Waals surface area contributed by atoms with Crippen molar-refractivity contribution >= 4 is 23.4 Å². The summed E-state index contributed by atoms with van der Waals surface area (Å²) in [4.78, 5) is 12.1. The van der Waals surface area contributed by atoms with Crippen LogP contribution in [0.25, 0.3) is 0 Å². The van der Waals surface area contributed by atoms with E-state index in [1.165, 1.54) is 30.0 Å². The number of amides is 1. The molecule has 5 N–H and O–H groups in total. The van der Waals surface area contributed by atoms with Gasteiger partial charge in [0.15, 0.2) is 0 Å². The zero-order chi connectivity index (χ0) is 14.5. The molecule has 2 rings (SSSR count). The highest BCUT2D eigenvalue weighted by atomic mass is 32.2. The van der Waals surface area contributed by atoms with Crippen LogP contribution >= 0.6 is 11.8 Å². The summed E-state index contributed by atoms with van der Waals surface area (Å²) < 4.78 is 13.2. The first kappa shape index (κ1) is 14.4. The largest absolute Gasteiger partial charge is 0.398 e. The van der Waals surface area contributed by atoms with Crippen molar-refractivity contribution in [2.24, 2.45) is 5.84 Å². The summed E-state index contributed by atoms with van der Waals surface area (Å²) in [6, 6.07) is 11.3. The zero-order valence-electron chi connectivity index (χ0n) is 10.6. The summed E-state index contributed by atoms with van der Waals surface area (Å²) >= 11 is 1.41. The Morgan fingerprint density at radius 3 is 2.80 bits per heavy atom. The van der Waals surface area contributed by atoms with E-state index < -0.39 is 0 Å². The van der Waals surface area contributed by atoms with Crippen LogP contribution in [0.15, 0.2) is 47.4 Å². The Morgan fingerprint density at radius 2 is 2.05 bits per heavy atom. The minimum absolute atomic E-state index is 0.321. The summed E-state index contributed by atoms with van der Waals surface area (Å²) in [7, 11) is 0. The molecule has 0 fully saturated rings. The van der Waals surface area contributed by atoms with Gasteiger partial charge in [-0.25, -0.2) is 10.2 Å². The van der Waals surface area contributed by atoms with Crippen molar-refractivity contribution in [3.8, 4) is 0 Å². The molecular formula is C14H14FN3OS. The molecule has 0 heterocycles. The maximum Gasteiger partial charge on any atom is 0.265 e. The predicted molar refractivity (Wildman–Crippen MR) is 78.5 cm³/mol. The molecule has 0 bridgehead atoms. The molecule has 1 amide bonds. The third-order valence-electron chi connectivity index (χ3n) is 2.69. The van der Waals surface area contributed by atoms with E-state index in [1.54, 1.807) is 18.2 Å². The second-order valence-electron chi connectivity index (χ2n) is 4.14. The lowest BCUT2D eigenvalue weighted by molar-refractivity contribution is 0.0953. The monoisotopic (exact) mass is 291 g/mol. The number of anilines is 1. The maximum atomic E-state index is 13.2. The average Bonchev–Trinajstić information content (AvgIpc) is 2.47. The average molecular weight is 291 g/mol. The number of rotatable bonds is 4. The van der Waals surface area contributed by atoms with Crippen molar-refractivity contribution < 1.29 is 9.18 Å². The topological polar surface area (TPSA) is 81.1 Å². The fraction of sp³-hybridized carbons (Fsp3) is 0.0714. The second-order valence-corrected chi connectivity index (χ2v) is 5.16. The number of benzene rings is 2. The predicted octanol–water partition coefficient (Wildman–Crippen LogP) is 2.30. The number of hydrogen-bond donors (Lipinski definition) is 3. The van der Waals surface area contributed by atoms with Crippen LogP contribution in [0.4, 0.5) is 10.1 Å². The third-order valence-corrected chi connectivity index (χ3v) is 3.83. The highest BCUT2D eigenvalue weighted by Crippen LogP contribution is 2.28. The van der Waals surface area contributed by atoms with Crippen molar-refractivity contribution in [3.63, 3.8) is 0 Å².